The third-order valence-corrected chi connectivity index (χ3v) is 9.46. The molecule has 1 fully saturated rings. The Hall–Kier alpha value is -3.24. The fourth-order valence-corrected chi connectivity index (χ4v) is 7.18. The minimum atomic E-state index is -4.03. The van der Waals surface area contributed by atoms with Gasteiger partial charge in [0.05, 0.1) is 21.0 Å². The number of nitrogens with zero attached hydrogens (tertiary/aromatic N) is 2. The second kappa shape index (κ2) is 12.1. The van der Waals surface area contributed by atoms with E-state index in [1.165, 1.54) is 48.2 Å². The van der Waals surface area contributed by atoms with Crippen molar-refractivity contribution >= 4 is 38.9 Å². The van der Waals surface area contributed by atoms with Crippen LogP contribution in [0.1, 0.15) is 52.5 Å². The van der Waals surface area contributed by atoms with Crippen LogP contribution in [-0.4, -0.2) is 51.3 Å². The molecule has 1 atom stereocenters. The van der Waals surface area contributed by atoms with Crippen LogP contribution in [0.5, 0.6) is 0 Å². The molecule has 0 aliphatic carbocycles. The van der Waals surface area contributed by atoms with Crippen molar-refractivity contribution < 1.29 is 18.0 Å². The van der Waals surface area contributed by atoms with Crippen molar-refractivity contribution in [1.29, 1.82) is 0 Å². The van der Waals surface area contributed by atoms with Crippen LogP contribution in [-0.2, 0) is 16.4 Å². The van der Waals surface area contributed by atoms with Crippen molar-refractivity contribution in [1.82, 2.24) is 15.6 Å². The lowest BCUT2D eigenvalue weighted by atomic mass is 10.0. The van der Waals surface area contributed by atoms with E-state index in [0.717, 1.165) is 31.6 Å². The molecule has 1 saturated heterocycles. The monoisotopic (exact) mass is 580 g/mol. The fourth-order valence-electron chi connectivity index (χ4n) is 5.36. The number of piperidine rings is 1. The van der Waals surface area contributed by atoms with Crippen LogP contribution in [0.15, 0.2) is 76.5 Å². The summed E-state index contributed by atoms with van der Waals surface area (Å²) in [5.74, 6) is -0.159. The van der Waals surface area contributed by atoms with Crippen LogP contribution in [0, 0.1) is 5.92 Å². The molecule has 210 valence electrons. The zero-order valence-corrected chi connectivity index (χ0v) is 24.0. The van der Waals surface area contributed by atoms with Crippen molar-refractivity contribution in [3.05, 3.63) is 88.4 Å². The molecule has 2 amide bonds. The smallest absolute Gasteiger partial charge is 0.274 e. The van der Waals surface area contributed by atoms with Crippen LogP contribution >= 0.6 is 11.6 Å². The van der Waals surface area contributed by atoms with Crippen LogP contribution in [0.4, 0.5) is 5.69 Å². The molecule has 0 aromatic heterocycles. The number of carbonyl (C=O) groups is 2. The fraction of sp³-hybridized carbons (Fsp3) is 0.333. The number of anilines is 1. The predicted molar refractivity (Wildman–Crippen MR) is 155 cm³/mol. The summed E-state index contributed by atoms with van der Waals surface area (Å²) in [4.78, 5) is 29.1. The molecule has 2 aliphatic rings. The molecule has 0 spiro atoms. The zero-order valence-electron chi connectivity index (χ0n) is 22.4. The maximum absolute atomic E-state index is 13.7. The van der Waals surface area contributed by atoms with Crippen LogP contribution in [0.3, 0.4) is 0 Å². The van der Waals surface area contributed by atoms with Gasteiger partial charge in [-0.15, -0.1) is 0 Å². The lowest BCUT2D eigenvalue weighted by molar-refractivity contribution is 0.0945. The Labute approximate surface area is 240 Å². The van der Waals surface area contributed by atoms with Gasteiger partial charge in [0.15, 0.2) is 0 Å². The number of hydrogen-bond acceptors (Lipinski definition) is 6. The van der Waals surface area contributed by atoms with E-state index in [4.69, 9.17) is 11.6 Å². The first-order valence-corrected chi connectivity index (χ1v) is 15.4. The largest absolute Gasteiger partial charge is 0.352 e. The normalized spacial score (nSPS) is 18.5. The Morgan fingerprint density at radius 1 is 1.05 bits per heavy atom. The van der Waals surface area contributed by atoms with Gasteiger partial charge in [-0.05, 0) is 86.3 Å². The van der Waals surface area contributed by atoms with E-state index in [0.29, 0.717) is 17.5 Å². The standard InChI is InChI=1S/C30H33ClN4O4S/c1-21-7-5-15-34(20-21)16-6-14-32-29(36)23-12-13-28-26(18-23)35(33-19-22-8-4-9-24(31)17-22)30(37)25-10-2-3-11-27(25)40(28,38)39/h2-4,8-13,17-18,21,33H,5-7,14-16,19-20H2,1H3,(H,32,36). The van der Waals surface area contributed by atoms with Gasteiger partial charge in [0.2, 0.25) is 9.84 Å². The molecule has 40 heavy (non-hydrogen) atoms. The van der Waals surface area contributed by atoms with E-state index in [1.54, 1.807) is 30.3 Å². The van der Waals surface area contributed by atoms with E-state index >= 15 is 0 Å². The van der Waals surface area contributed by atoms with Crippen molar-refractivity contribution in [3.63, 3.8) is 0 Å². The summed E-state index contributed by atoms with van der Waals surface area (Å²) in [6, 6.07) is 17.6. The molecule has 3 aromatic rings. The third kappa shape index (κ3) is 6.07. The first-order valence-electron chi connectivity index (χ1n) is 13.5. The number of amides is 2. The Kier molecular flexibility index (Phi) is 8.56. The predicted octanol–water partition coefficient (Wildman–Crippen LogP) is 4.69. The summed E-state index contributed by atoms with van der Waals surface area (Å²) in [7, 11) is -4.03. The Morgan fingerprint density at radius 3 is 2.67 bits per heavy atom. The molecule has 0 bridgehead atoms. The van der Waals surface area contributed by atoms with Gasteiger partial charge in [0.25, 0.3) is 11.8 Å². The molecule has 3 aromatic carbocycles. The third-order valence-electron chi connectivity index (χ3n) is 7.37. The number of benzene rings is 3. The molecular weight excluding hydrogens is 548 g/mol. The minimum Gasteiger partial charge on any atom is -0.352 e. The molecule has 2 N–H and O–H groups in total. The Bertz CT molecular complexity index is 1530. The van der Waals surface area contributed by atoms with Crippen molar-refractivity contribution in [2.75, 3.05) is 31.2 Å². The molecule has 8 nitrogen and oxygen atoms in total. The highest BCUT2D eigenvalue weighted by Crippen LogP contribution is 2.36. The first-order chi connectivity index (χ1) is 19.2. The summed E-state index contributed by atoms with van der Waals surface area (Å²) in [6.45, 7) is 6.07. The summed E-state index contributed by atoms with van der Waals surface area (Å²) < 4.78 is 27.3. The number of halogens is 1. The summed E-state index contributed by atoms with van der Waals surface area (Å²) in [6.07, 6.45) is 3.29. The molecule has 2 heterocycles. The SMILES string of the molecule is CC1CCCN(CCCNC(=O)c2ccc3c(c2)N(NCc2cccc(Cl)c2)C(=O)c2ccccc2S3(=O)=O)C1. The number of hydrogen-bond donors (Lipinski definition) is 2. The molecule has 0 radical (unpaired) electrons. The first kappa shape index (κ1) is 28.3. The van der Waals surface area contributed by atoms with Gasteiger partial charge < -0.3 is 10.2 Å². The highest BCUT2D eigenvalue weighted by molar-refractivity contribution is 7.91. The summed E-state index contributed by atoms with van der Waals surface area (Å²) in [5, 5.41) is 4.71. The maximum atomic E-state index is 13.7. The van der Waals surface area contributed by atoms with Gasteiger partial charge in [-0.3, -0.25) is 9.59 Å². The summed E-state index contributed by atoms with van der Waals surface area (Å²) in [5.41, 5.74) is 4.30. The van der Waals surface area contributed by atoms with Gasteiger partial charge in [-0.25, -0.2) is 18.9 Å². The van der Waals surface area contributed by atoms with E-state index < -0.39 is 15.7 Å². The molecule has 1 unspecified atom stereocenters. The zero-order chi connectivity index (χ0) is 28.3. The van der Waals surface area contributed by atoms with E-state index in [2.05, 4.69) is 22.6 Å². The van der Waals surface area contributed by atoms with Crippen molar-refractivity contribution in [2.24, 2.45) is 5.92 Å². The van der Waals surface area contributed by atoms with Gasteiger partial charge in [0.1, 0.15) is 0 Å². The lowest BCUT2D eigenvalue weighted by Crippen LogP contribution is -2.43. The van der Waals surface area contributed by atoms with E-state index in [-0.39, 0.29) is 39.1 Å². The highest BCUT2D eigenvalue weighted by Gasteiger charge is 2.36. The number of fused-ring (bicyclic) bond motifs is 2. The van der Waals surface area contributed by atoms with Crippen LogP contribution in [0.2, 0.25) is 5.02 Å². The maximum Gasteiger partial charge on any atom is 0.274 e. The van der Waals surface area contributed by atoms with Crippen molar-refractivity contribution in [3.8, 4) is 0 Å². The molecule has 0 saturated carbocycles. The van der Waals surface area contributed by atoms with Crippen molar-refractivity contribution in [2.45, 2.75) is 42.5 Å². The van der Waals surface area contributed by atoms with E-state index in [1.807, 2.05) is 6.07 Å². The van der Waals surface area contributed by atoms with Crippen LogP contribution in [0.25, 0.3) is 0 Å². The average molecular weight is 581 g/mol. The number of sulfone groups is 1. The van der Waals surface area contributed by atoms with Gasteiger partial charge in [-0.2, -0.15) is 0 Å². The van der Waals surface area contributed by atoms with Crippen LogP contribution < -0.4 is 15.8 Å². The highest BCUT2D eigenvalue weighted by atomic mass is 35.5. The molecule has 2 aliphatic heterocycles. The van der Waals surface area contributed by atoms with Gasteiger partial charge >= 0.3 is 0 Å². The lowest BCUT2D eigenvalue weighted by Gasteiger charge is -2.30. The number of carbonyl (C=O) groups excluding carboxylic acids is 2. The quantitative estimate of drug-likeness (QED) is 0.375. The summed E-state index contributed by atoms with van der Waals surface area (Å²) >= 11 is 6.13. The molecule has 5 rings (SSSR count). The second-order valence-electron chi connectivity index (χ2n) is 10.4. The van der Waals surface area contributed by atoms with Gasteiger partial charge in [0, 0.05) is 30.2 Å². The minimum absolute atomic E-state index is 0.0512. The second-order valence-corrected chi connectivity index (χ2v) is 12.8. The molecular formula is C30H33ClN4O4S. The number of nitrogens with one attached hydrogen (secondary N) is 2. The van der Waals surface area contributed by atoms with E-state index in [9.17, 15) is 18.0 Å². The molecule has 10 heteroatoms. The topological polar surface area (TPSA) is 98.8 Å². The Morgan fingerprint density at radius 2 is 1.88 bits per heavy atom. The number of rotatable bonds is 8. The Balaban J connectivity index is 1.39. The average Bonchev–Trinajstić information content (AvgIpc) is 3.01. The van der Waals surface area contributed by atoms with Gasteiger partial charge in [-0.1, -0.05) is 42.8 Å². The number of likely N-dealkylation sites (tertiary alicyclic amines) is 1. The number of hydrazine groups is 1.